The van der Waals surface area contributed by atoms with Crippen molar-refractivity contribution in [3.8, 4) is 0 Å². The molecule has 0 aliphatic heterocycles. The first-order valence-electron chi connectivity index (χ1n) is 1.88. The van der Waals surface area contributed by atoms with Crippen molar-refractivity contribution in [1.29, 1.82) is 0 Å². The van der Waals surface area contributed by atoms with Crippen LogP contribution in [0.15, 0.2) is 18.5 Å². The Morgan fingerprint density at radius 2 is 1.67 bits per heavy atom. The molecule has 0 saturated carbocycles. The Kier molecular flexibility index (Phi) is 7.87. The fraction of sp³-hybridized carbons (Fsp3) is 0. The van der Waals surface area contributed by atoms with Crippen molar-refractivity contribution in [2.75, 3.05) is 0 Å². The second-order valence-corrected chi connectivity index (χ2v) is 1.07. The van der Waals surface area contributed by atoms with Gasteiger partial charge >= 0.3 is 31.1 Å². The van der Waals surface area contributed by atoms with Gasteiger partial charge < -0.3 is 23.1 Å². The van der Waals surface area contributed by atoms with E-state index in [1.165, 1.54) is 12.4 Å². The molecule has 0 unspecified atom stereocenters. The number of hydrogen-bond donors (Lipinski definition) is 0. The fourth-order valence-electron chi connectivity index (χ4n) is 0.299. The number of aromatic nitrogens is 2. The summed E-state index contributed by atoms with van der Waals surface area (Å²) in [7, 11) is 0. The van der Waals surface area contributed by atoms with Crippen LogP contribution in [-0.2, 0) is 0 Å². The Morgan fingerprint density at radius 1 is 1.22 bits per heavy atom. The molecule has 4 heteroatoms. The largest absolute Gasteiger partial charge is 2.00 e. The predicted molar refractivity (Wildman–Crippen MR) is 32.4 cm³/mol. The van der Waals surface area contributed by atoms with Crippen LogP contribution in [0.1, 0.15) is 0 Å². The number of hydrogen-bond acceptors (Lipinski definition) is 2. The van der Waals surface area contributed by atoms with Crippen LogP contribution in [0.25, 0.3) is 5.73 Å². The van der Waals surface area contributed by atoms with Crippen LogP contribution in [-0.4, -0.2) is 9.97 Å². The van der Waals surface area contributed by atoms with E-state index in [-0.39, 0.29) is 44.5 Å². The predicted octanol–water partition coefficient (Wildman–Crippen LogP) is 1.61. The first-order valence-corrected chi connectivity index (χ1v) is 1.88. The molecule has 0 fully saturated rings. The van der Waals surface area contributed by atoms with Crippen LogP contribution in [0.4, 0.5) is 5.95 Å². The van der Waals surface area contributed by atoms with E-state index in [2.05, 4.69) is 9.97 Å². The Hall–Kier alpha value is -0.0681. The molecule has 1 aromatic heterocycles. The van der Waals surface area contributed by atoms with Gasteiger partial charge in [0.05, 0.1) is 0 Å². The average molecular weight is 347 g/mol. The molecule has 0 amide bonds. The summed E-state index contributed by atoms with van der Waals surface area (Å²) in [4.78, 5) is 7.07. The van der Waals surface area contributed by atoms with Crippen LogP contribution in [0, 0.1) is 38.5 Å². The molecular weight excluding hydrogens is 340 g/mol. The van der Waals surface area contributed by atoms with Gasteiger partial charge in [0.2, 0.25) is 0 Å². The average Bonchev–Trinajstić information content (AvgIpc) is 1.69. The van der Waals surface area contributed by atoms with E-state index in [0.29, 0.717) is 0 Å². The molecule has 0 spiro atoms. The first kappa shape index (κ1) is 11.7. The molecule has 1 heterocycles. The van der Waals surface area contributed by atoms with Crippen LogP contribution in [0.5, 0.6) is 0 Å². The van der Waals surface area contributed by atoms with Crippen LogP contribution >= 0.6 is 0 Å². The van der Waals surface area contributed by atoms with Crippen molar-refractivity contribution >= 4 is 5.95 Å². The van der Waals surface area contributed by atoms with Crippen molar-refractivity contribution in [2.24, 2.45) is 0 Å². The van der Waals surface area contributed by atoms with Crippen molar-refractivity contribution < 1.29 is 31.1 Å². The molecule has 1 N–H and O–H groups in total. The van der Waals surface area contributed by atoms with Crippen molar-refractivity contribution in [3.63, 3.8) is 0 Å². The van der Waals surface area contributed by atoms with E-state index >= 15 is 0 Å². The SMILES string of the molecule is [CH3-].[NH-]c1ncccn1.[U+2]. The maximum atomic E-state index is 6.77. The zero-order valence-corrected chi connectivity index (χ0v) is 9.29. The van der Waals surface area contributed by atoms with Crippen LogP contribution in [0.3, 0.4) is 0 Å². The van der Waals surface area contributed by atoms with E-state index in [4.69, 9.17) is 5.73 Å². The molecular formula is C5H7N3U. The number of nitrogens with one attached hydrogen (secondary N) is 1. The van der Waals surface area contributed by atoms with Gasteiger partial charge in [-0.1, -0.05) is 6.07 Å². The minimum atomic E-state index is 0. The molecule has 0 bridgehead atoms. The minimum Gasteiger partial charge on any atom is -0.410 e. The van der Waals surface area contributed by atoms with Crippen molar-refractivity contribution in [3.05, 3.63) is 31.6 Å². The van der Waals surface area contributed by atoms with Gasteiger partial charge in [-0.15, -0.1) is 0 Å². The van der Waals surface area contributed by atoms with Crippen molar-refractivity contribution in [1.82, 2.24) is 9.97 Å². The topological polar surface area (TPSA) is 49.6 Å². The van der Waals surface area contributed by atoms with Crippen molar-refractivity contribution in [2.45, 2.75) is 0 Å². The van der Waals surface area contributed by atoms with E-state index in [9.17, 15) is 0 Å². The third kappa shape index (κ3) is 4.44. The molecule has 0 aliphatic rings. The second-order valence-electron chi connectivity index (χ2n) is 1.07. The third-order valence-electron chi connectivity index (χ3n) is 0.566. The van der Waals surface area contributed by atoms with Gasteiger partial charge in [0.25, 0.3) is 0 Å². The van der Waals surface area contributed by atoms with Gasteiger partial charge in [0.15, 0.2) is 0 Å². The first-order chi connectivity index (χ1) is 3.39. The maximum absolute atomic E-state index is 6.77. The van der Waals surface area contributed by atoms with E-state index in [0.717, 1.165) is 0 Å². The molecule has 3 nitrogen and oxygen atoms in total. The molecule has 9 heavy (non-hydrogen) atoms. The van der Waals surface area contributed by atoms with E-state index < -0.39 is 0 Å². The van der Waals surface area contributed by atoms with E-state index in [1.807, 2.05) is 0 Å². The summed E-state index contributed by atoms with van der Waals surface area (Å²) in [5.74, 6) is 0.0718. The minimum absolute atomic E-state index is 0. The maximum Gasteiger partial charge on any atom is 2.00 e. The summed E-state index contributed by atoms with van der Waals surface area (Å²) in [5, 5.41) is 0. The summed E-state index contributed by atoms with van der Waals surface area (Å²) in [6, 6.07) is 1.68. The van der Waals surface area contributed by atoms with Gasteiger partial charge in [-0.2, -0.15) is 0 Å². The van der Waals surface area contributed by atoms with Gasteiger partial charge in [-0.3, -0.25) is 0 Å². The molecule has 0 aromatic carbocycles. The number of rotatable bonds is 0. The Bertz CT molecular complexity index is 142. The third-order valence-corrected chi connectivity index (χ3v) is 0.566. The van der Waals surface area contributed by atoms with Gasteiger partial charge in [-0.25, -0.2) is 0 Å². The second kappa shape index (κ2) is 6.06. The van der Waals surface area contributed by atoms with Gasteiger partial charge in [0.1, 0.15) is 0 Å². The van der Waals surface area contributed by atoms with E-state index in [1.54, 1.807) is 6.07 Å². The number of nitrogens with zero attached hydrogens (tertiary/aromatic N) is 2. The summed E-state index contributed by atoms with van der Waals surface area (Å²) in [5.41, 5.74) is 6.77. The smallest absolute Gasteiger partial charge is 0.410 e. The summed E-state index contributed by atoms with van der Waals surface area (Å²) in [6.07, 6.45) is 3.07. The van der Waals surface area contributed by atoms with Gasteiger partial charge in [-0.05, 0) is 12.4 Å². The summed E-state index contributed by atoms with van der Waals surface area (Å²) in [6.45, 7) is 0. The molecule has 0 radical (unpaired) electrons. The molecule has 0 atom stereocenters. The standard InChI is InChI=1S/C4H4N3.CH3.U/c5-4-6-2-1-3-7-4;;/h1-3H,(H-,5,6,7);1H3;/q2*-1;+2. The zero-order valence-electron chi connectivity index (χ0n) is 5.13. The summed E-state index contributed by atoms with van der Waals surface area (Å²) >= 11 is 0. The Morgan fingerprint density at radius 3 is 1.89 bits per heavy atom. The monoisotopic (exact) mass is 347 g/mol. The summed E-state index contributed by atoms with van der Waals surface area (Å²) < 4.78 is 0. The normalized spacial score (nSPS) is 6.67. The van der Waals surface area contributed by atoms with Crippen LogP contribution in [0.2, 0.25) is 0 Å². The molecule has 1 aromatic rings. The quantitative estimate of drug-likeness (QED) is 0.670. The fourth-order valence-corrected chi connectivity index (χ4v) is 0.299. The Labute approximate surface area is 78.5 Å². The van der Waals surface area contributed by atoms with Gasteiger partial charge in [0, 0.05) is 5.95 Å². The molecule has 46 valence electrons. The Balaban J connectivity index is 0. The zero-order chi connectivity index (χ0) is 5.11. The molecule has 0 aliphatic carbocycles. The molecule has 0 saturated heterocycles. The van der Waals surface area contributed by atoms with Crippen LogP contribution < -0.4 is 0 Å². The molecule has 1 rings (SSSR count).